The number of imidazole rings is 1. The normalized spacial score (nSPS) is 24.0. The van der Waals surface area contributed by atoms with E-state index in [0.717, 1.165) is 59.9 Å². The number of rotatable bonds is 5. The molecule has 1 aliphatic carbocycles. The molecule has 1 aromatic carbocycles. The number of piperidine rings is 2. The van der Waals surface area contributed by atoms with Crippen LogP contribution in [0, 0.1) is 0 Å². The second-order valence-electron chi connectivity index (χ2n) is 11.1. The van der Waals surface area contributed by atoms with Gasteiger partial charge in [-0.05, 0) is 56.0 Å². The third-order valence-corrected chi connectivity index (χ3v) is 8.45. The van der Waals surface area contributed by atoms with Gasteiger partial charge in [0.1, 0.15) is 17.2 Å². The topological polar surface area (TPSA) is 84.9 Å². The van der Waals surface area contributed by atoms with Gasteiger partial charge in [0.05, 0.1) is 16.8 Å². The quantitative estimate of drug-likeness (QED) is 0.337. The van der Waals surface area contributed by atoms with Crippen LogP contribution in [0.25, 0.3) is 33.8 Å². The number of hydrogen-bond donors (Lipinski definition) is 2. The molecule has 6 heterocycles. The molecule has 2 bridgehead atoms. The van der Waals surface area contributed by atoms with Crippen LogP contribution in [0.4, 0.5) is 5.82 Å². The van der Waals surface area contributed by atoms with Crippen molar-refractivity contribution in [1.82, 2.24) is 29.7 Å². The molecule has 4 aliphatic rings. The molecule has 206 valence electrons. The third-order valence-electron chi connectivity index (χ3n) is 8.45. The van der Waals surface area contributed by atoms with Crippen molar-refractivity contribution < 1.29 is 0 Å². The van der Waals surface area contributed by atoms with Gasteiger partial charge in [0, 0.05) is 43.5 Å². The fourth-order valence-corrected chi connectivity index (χ4v) is 6.27. The highest BCUT2D eigenvalue weighted by molar-refractivity contribution is 5.83. The molecule has 4 aromatic rings. The highest BCUT2D eigenvalue weighted by Crippen LogP contribution is 2.38. The van der Waals surface area contributed by atoms with E-state index >= 15 is 0 Å². The molecule has 0 radical (unpaired) electrons. The van der Waals surface area contributed by atoms with Crippen LogP contribution in [0.1, 0.15) is 40.0 Å². The van der Waals surface area contributed by atoms with Gasteiger partial charge in [-0.25, -0.2) is 15.0 Å². The Hall–Kier alpha value is -3.81. The van der Waals surface area contributed by atoms with Crippen molar-refractivity contribution in [3.05, 3.63) is 84.6 Å². The fraction of sp³-hybridized carbons (Fsp3) is 0.364. The maximum absolute atomic E-state index is 6.37. The van der Waals surface area contributed by atoms with Gasteiger partial charge >= 0.3 is 0 Å². The summed E-state index contributed by atoms with van der Waals surface area (Å²) in [6, 6.07) is 19.6. The van der Waals surface area contributed by atoms with Crippen LogP contribution in [0.15, 0.2) is 84.6 Å². The number of nitrogens with one attached hydrogen (secondary N) is 1. The summed E-state index contributed by atoms with van der Waals surface area (Å²) >= 11 is 0. The highest BCUT2D eigenvalue weighted by atomic mass is 15.2. The largest absolute Gasteiger partial charge is 0.383 e. The monoisotopic (exact) mass is 533 g/mol. The molecule has 3 fully saturated rings. The number of nitrogens with zero attached hydrogens (tertiary/aromatic N) is 5. The minimum absolute atomic E-state index is 0.347. The Morgan fingerprint density at radius 3 is 2.55 bits per heavy atom. The van der Waals surface area contributed by atoms with Gasteiger partial charge in [0.15, 0.2) is 5.65 Å². The summed E-state index contributed by atoms with van der Waals surface area (Å²) in [6.07, 6.45) is 12.2. The Labute approximate surface area is 236 Å². The lowest BCUT2D eigenvalue weighted by Crippen LogP contribution is -2.61. The molecule has 3 N–H and O–H groups in total. The van der Waals surface area contributed by atoms with Crippen molar-refractivity contribution in [2.24, 2.45) is 0 Å². The zero-order valence-electron chi connectivity index (χ0n) is 23.7. The average molecular weight is 534 g/mol. The lowest BCUT2D eigenvalue weighted by molar-refractivity contribution is 0.0848. The molecule has 8 rings (SSSR count). The Balaban J connectivity index is 0.00000142. The standard InChI is InChI=1S/C31H33N7.C2H6/c1-31(15-13-21(14-16-31)19-37-20-23-9-10-24(37)18-34-23)38-29(25-8-5-17-33-28(25)32)36-27-12-11-26(35-30(27)38)22-6-3-2-4-7-22;1-2/h2-8,11-15,17,23-24,34H,9-10,16,18-20H2,1H3,(H2,32,33);1-2H3. The van der Waals surface area contributed by atoms with Gasteiger partial charge in [-0.15, -0.1) is 0 Å². The third kappa shape index (κ3) is 4.84. The maximum atomic E-state index is 6.37. The van der Waals surface area contributed by atoms with E-state index in [2.05, 4.69) is 63.1 Å². The number of benzene rings is 1. The Morgan fingerprint density at radius 1 is 1.02 bits per heavy atom. The molecular weight excluding hydrogens is 494 g/mol. The van der Waals surface area contributed by atoms with Crippen molar-refractivity contribution in [3.8, 4) is 22.6 Å². The molecule has 3 unspecified atom stereocenters. The fourth-order valence-electron chi connectivity index (χ4n) is 6.27. The number of allylic oxidation sites excluding steroid dienone is 2. The predicted molar refractivity (Wildman–Crippen MR) is 164 cm³/mol. The van der Waals surface area contributed by atoms with Crippen molar-refractivity contribution in [3.63, 3.8) is 0 Å². The van der Waals surface area contributed by atoms with Crippen LogP contribution < -0.4 is 11.1 Å². The first-order chi connectivity index (χ1) is 19.6. The number of anilines is 1. The number of hydrogen-bond acceptors (Lipinski definition) is 6. The maximum Gasteiger partial charge on any atom is 0.161 e. The summed E-state index contributed by atoms with van der Waals surface area (Å²) in [5, 5.41) is 3.67. The lowest BCUT2D eigenvalue weighted by atomic mass is 9.88. The smallest absolute Gasteiger partial charge is 0.161 e. The number of nitrogen functional groups attached to an aromatic ring is 1. The molecule has 7 heteroatoms. The van der Waals surface area contributed by atoms with E-state index in [1.54, 1.807) is 6.20 Å². The van der Waals surface area contributed by atoms with Gasteiger partial charge in [0.25, 0.3) is 0 Å². The second kappa shape index (κ2) is 11.0. The average Bonchev–Trinajstić information content (AvgIpc) is 3.40. The number of piperazine rings is 1. The lowest BCUT2D eigenvalue weighted by Gasteiger charge is -2.46. The molecule has 7 nitrogen and oxygen atoms in total. The van der Waals surface area contributed by atoms with Gasteiger partial charge in [-0.3, -0.25) is 9.47 Å². The Bertz CT molecular complexity index is 1550. The summed E-state index contributed by atoms with van der Waals surface area (Å²) in [7, 11) is 0. The van der Waals surface area contributed by atoms with E-state index in [4.69, 9.17) is 15.7 Å². The van der Waals surface area contributed by atoms with Gasteiger partial charge < -0.3 is 11.1 Å². The molecule has 3 atom stereocenters. The summed E-state index contributed by atoms with van der Waals surface area (Å²) in [5.41, 5.74) is 12.0. The van der Waals surface area contributed by atoms with E-state index < -0.39 is 0 Å². The first-order valence-corrected chi connectivity index (χ1v) is 14.6. The minimum atomic E-state index is -0.347. The number of pyridine rings is 2. The highest BCUT2D eigenvalue weighted by Gasteiger charge is 2.35. The molecule has 0 saturated carbocycles. The van der Waals surface area contributed by atoms with E-state index in [0.29, 0.717) is 17.9 Å². The minimum Gasteiger partial charge on any atom is -0.383 e. The molecule has 3 saturated heterocycles. The molecule has 40 heavy (non-hydrogen) atoms. The van der Waals surface area contributed by atoms with Crippen molar-refractivity contribution in [1.29, 1.82) is 0 Å². The van der Waals surface area contributed by atoms with Gasteiger partial charge in [0.2, 0.25) is 0 Å². The Kier molecular flexibility index (Phi) is 7.26. The first kappa shape index (κ1) is 26.4. The second-order valence-corrected chi connectivity index (χ2v) is 11.1. The van der Waals surface area contributed by atoms with Crippen LogP contribution in [0.3, 0.4) is 0 Å². The molecule has 0 spiro atoms. The number of aromatic nitrogens is 4. The zero-order valence-corrected chi connectivity index (χ0v) is 23.7. The summed E-state index contributed by atoms with van der Waals surface area (Å²) < 4.78 is 2.26. The van der Waals surface area contributed by atoms with E-state index in [-0.39, 0.29) is 5.54 Å². The van der Waals surface area contributed by atoms with Gasteiger partial charge in [-0.1, -0.05) is 62.4 Å². The molecule has 0 amide bonds. The summed E-state index contributed by atoms with van der Waals surface area (Å²) in [4.78, 5) is 17.2. The van der Waals surface area contributed by atoms with Crippen LogP contribution in [0.2, 0.25) is 0 Å². The van der Waals surface area contributed by atoms with Crippen LogP contribution in [0.5, 0.6) is 0 Å². The van der Waals surface area contributed by atoms with Crippen LogP contribution in [-0.2, 0) is 5.54 Å². The van der Waals surface area contributed by atoms with E-state index in [1.807, 2.05) is 50.2 Å². The zero-order chi connectivity index (χ0) is 27.7. The summed E-state index contributed by atoms with van der Waals surface area (Å²) in [6.45, 7) is 9.54. The van der Waals surface area contributed by atoms with E-state index in [1.165, 1.54) is 18.4 Å². The van der Waals surface area contributed by atoms with Crippen molar-refractivity contribution >= 4 is 17.0 Å². The molecular formula is C33H39N7. The number of fused-ring (bicyclic) bond motifs is 4. The predicted octanol–water partition coefficient (Wildman–Crippen LogP) is 5.81. The van der Waals surface area contributed by atoms with Crippen LogP contribution in [-0.4, -0.2) is 56.1 Å². The van der Waals surface area contributed by atoms with E-state index in [9.17, 15) is 0 Å². The molecule has 3 aromatic heterocycles. The van der Waals surface area contributed by atoms with Crippen LogP contribution >= 0.6 is 0 Å². The first-order valence-electron chi connectivity index (χ1n) is 14.6. The SMILES string of the molecule is CC.CC1(n2c(-c3cccnc3N)nc3ccc(-c4ccccc4)nc32)C=CC(CN2CC3CCC2CN3)=CC1. The van der Waals surface area contributed by atoms with Crippen molar-refractivity contribution in [2.45, 2.75) is 57.7 Å². The molecule has 3 aliphatic heterocycles. The number of nitrogens with two attached hydrogens (primary N) is 1. The Morgan fingerprint density at radius 2 is 1.88 bits per heavy atom. The van der Waals surface area contributed by atoms with Gasteiger partial charge in [-0.2, -0.15) is 0 Å². The summed E-state index contributed by atoms with van der Waals surface area (Å²) in [5.74, 6) is 1.27. The van der Waals surface area contributed by atoms with Crippen molar-refractivity contribution in [2.75, 3.05) is 25.4 Å².